The van der Waals surface area contributed by atoms with Crippen LogP contribution in [0.2, 0.25) is 5.02 Å². The summed E-state index contributed by atoms with van der Waals surface area (Å²) in [6.45, 7) is 0.134. The number of nitrogens with zero attached hydrogens (tertiary/aromatic N) is 2. The largest absolute Gasteiger partial charge is 0.334 e. The molecule has 7 nitrogen and oxygen atoms in total. The number of nitrogens with two attached hydrogens (primary N) is 1. The zero-order valence-corrected chi connectivity index (χ0v) is 13.9. The first kappa shape index (κ1) is 16.4. The molecular formula is C15H13ClN4O3S. The van der Waals surface area contributed by atoms with E-state index in [-0.39, 0.29) is 17.3 Å². The van der Waals surface area contributed by atoms with Crippen molar-refractivity contribution in [1.29, 1.82) is 0 Å². The van der Waals surface area contributed by atoms with Gasteiger partial charge < -0.3 is 10.3 Å². The second kappa shape index (κ2) is 6.60. The van der Waals surface area contributed by atoms with Crippen molar-refractivity contribution in [2.24, 2.45) is 5.73 Å². The first-order valence-electron chi connectivity index (χ1n) is 6.90. The predicted octanol–water partition coefficient (Wildman–Crippen LogP) is 2.65. The van der Waals surface area contributed by atoms with Gasteiger partial charge in [-0.25, -0.2) is 8.42 Å². The van der Waals surface area contributed by atoms with E-state index in [0.717, 1.165) is 0 Å². The molecule has 0 aliphatic rings. The van der Waals surface area contributed by atoms with Crippen molar-refractivity contribution in [2.75, 3.05) is 4.72 Å². The van der Waals surface area contributed by atoms with Crippen LogP contribution >= 0.6 is 11.6 Å². The molecule has 3 aromatic rings. The fourth-order valence-electron chi connectivity index (χ4n) is 2.00. The van der Waals surface area contributed by atoms with Gasteiger partial charge in [-0.15, -0.1) is 0 Å². The average molecular weight is 365 g/mol. The minimum atomic E-state index is -3.81. The van der Waals surface area contributed by atoms with Gasteiger partial charge in [-0.2, -0.15) is 4.98 Å². The SMILES string of the molecule is NCc1noc(-c2cccc(S(=O)(=O)Nc3ccccc3Cl)c2)n1. The van der Waals surface area contributed by atoms with E-state index in [1.54, 1.807) is 36.4 Å². The lowest BCUT2D eigenvalue weighted by Gasteiger charge is -2.09. The standard InChI is InChI=1S/C15H13ClN4O3S/c16-12-6-1-2-7-13(12)20-24(21,22)11-5-3-4-10(8-11)15-18-14(9-17)19-23-15/h1-8,20H,9,17H2. The molecule has 0 aliphatic carbocycles. The summed E-state index contributed by atoms with van der Waals surface area (Å²) in [4.78, 5) is 4.13. The summed E-state index contributed by atoms with van der Waals surface area (Å²) in [6.07, 6.45) is 0. The van der Waals surface area contributed by atoms with Crippen LogP contribution in [0.4, 0.5) is 5.69 Å². The number of benzene rings is 2. The molecule has 124 valence electrons. The first-order chi connectivity index (χ1) is 11.5. The molecule has 0 spiro atoms. The van der Waals surface area contributed by atoms with Crippen molar-refractivity contribution in [1.82, 2.24) is 10.1 Å². The number of halogens is 1. The molecular weight excluding hydrogens is 352 g/mol. The van der Waals surface area contributed by atoms with E-state index < -0.39 is 10.0 Å². The summed E-state index contributed by atoms with van der Waals surface area (Å²) in [5, 5.41) is 4.00. The van der Waals surface area contributed by atoms with Crippen molar-refractivity contribution in [2.45, 2.75) is 11.4 Å². The molecule has 24 heavy (non-hydrogen) atoms. The van der Waals surface area contributed by atoms with E-state index in [0.29, 0.717) is 22.1 Å². The van der Waals surface area contributed by atoms with E-state index in [4.69, 9.17) is 21.9 Å². The summed E-state index contributed by atoms with van der Waals surface area (Å²) < 4.78 is 32.6. The zero-order valence-electron chi connectivity index (χ0n) is 12.3. The van der Waals surface area contributed by atoms with Gasteiger partial charge >= 0.3 is 0 Å². The number of nitrogens with one attached hydrogen (secondary N) is 1. The van der Waals surface area contributed by atoms with Gasteiger partial charge in [0.1, 0.15) is 0 Å². The Bertz CT molecular complexity index is 972. The maximum atomic E-state index is 12.5. The van der Waals surface area contributed by atoms with Crippen LogP contribution in [-0.2, 0) is 16.6 Å². The zero-order chi connectivity index (χ0) is 17.2. The summed E-state index contributed by atoms with van der Waals surface area (Å²) in [5.41, 5.74) is 6.21. The molecule has 0 aliphatic heterocycles. The lowest BCUT2D eigenvalue weighted by molar-refractivity contribution is 0.422. The molecule has 1 aromatic heterocycles. The summed E-state index contributed by atoms with van der Waals surface area (Å²) in [6, 6.07) is 12.7. The number of para-hydroxylation sites is 1. The van der Waals surface area contributed by atoms with Gasteiger partial charge in [0.25, 0.3) is 15.9 Å². The third-order valence-electron chi connectivity index (χ3n) is 3.16. The van der Waals surface area contributed by atoms with Crippen LogP contribution in [0.5, 0.6) is 0 Å². The van der Waals surface area contributed by atoms with Crippen molar-refractivity contribution in [3.8, 4) is 11.5 Å². The van der Waals surface area contributed by atoms with Crippen LogP contribution in [0.15, 0.2) is 57.9 Å². The van der Waals surface area contributed by atoms with Crippen LogP contribution in [-0.4, -0.2) is 18.6 Å². The summed E-state index contributed by atoms with van der Waals surface area (Å²) >= 11 is 5.99. The lowest BCUT2D eigenvalue weighted by atomic mass is 10.2. The molecule has 9 heteroatoms. The van der Waals surface area contributed by atoms with E-state index in [1.807, 2.05) is 0 Å². The van der Waals surface area contributed by atoms with Gasteiger partial charge in [0.15, 0.2) is 5.82 Å². The van der Waals surface area contributed by atoms with Gasteiger partial charge in [-0.05, 0) is 30.3 Å². The molecule has 3 N–H and O–H groups in total. The highest BCUT2D eigenvalue weighted by atomic mass is 35.5. The molecule has 0 saturated carbocycles. The van der Waals surface area contributed by atoms with E-state index in [1.165, 1.54) is 12.1 Å². The second-order valence-corrected chi connectivity index (χ2v) is 6.92. The first-order valence-corrected chi connectivity index (χ1v) is 8.76. The molecule has 0 unspecified atom stereocenters. The fraction of sp³-hybridized carbons (Fsp3) is 0.0667. The van der Waals surface area contributed by atoms with Gasteiger partial charge in [-0.1, -0.05) is 35.0 Å². The molecule has 0 radical (unpaired) electrons. The second-order valence-electron chi connectivity index (χ2n) is 4.83. The molecule has 2 aromatic carbocycles. The summed E-state index contributed by atoms with van der Waals surface area (Å²) in [7, 11) is -3.81. The monoisotopic (exact) mass is 364 g/mol. The Kier molecular flexibility index (Phi) is 4.52. The highest BCUT2D eigenvalue weighted by Crippen LogP contribution is 2.26. The Labute approximate surface area is 143 Å². The number of hydrogen-bond donors (Lipinski definition) is 2. The van der Waals surface area contributed by atoms with E-state index in [2.05, 4.69) is 14.9 Å². The predicted molar refractivity (Wildman–Crippen MR) is 89.9 cm³/mol. The van der Waals surface area contributed by atoms with Gasteiger partial charge in [0.05, 0.1) is 22.2 Å². The lowest BCUT2D eigenvalue weighted by Crippen LogP contribution is -2.13. The van der Waals surface area contributed by atoms with Gasteiger partial charge in [0, 0.05) is 5.56 Å². The Morgan fingerprint density at radius 3 is 2.67 bits per heavy atom. The van der Waals surface area contributed by atoms with Crippen LogP contribution in [0, 0.1) is 0 Å². The Balaban J connectivity index is 1.94. The molecule has 0 bridgehead atoms. The Morgan fingerprint density at radius 2 is 1.96 bits per heavy atom. The van der Waals surface area contributed by atoms with Crippen molar-refractivity contribution in [3.05, 3.63) is 59.4 Å². The Hall–Kier alpha value is -2.42. The molecule has 0 saturated heterocycles. The third kappa shape index (κ3) is 3.40. The van der Waals surface area contributed by atoms with Crippen LogP contribution in [0.3, 0.4) is 0 Å². The van der Waals surface area contributed by atoms with Crippen molar-refractivity contribution >= 4 is 27.3 Å². The maximum Gasteiger partial charge on any atom is 0.261 e. The smallest absolute Gasteiger partial charge is 0.261 e. The van der Waals surface area contributed by atoms with Crippen LogP contribution in [0.1, 0.15) is 5.82 Å². The van der Waals surface area contributed by atoms with E-state index in [9.17, 15) is 8.42 Å². The number of aromatic nitrogens is 2. The number of hydrogen-bond acceptors (Lipinski definition) is 6. The van der Waals surface area contributed by atoms with Crippen molar-refractivity contribution < 1.29 is 12.9 Å². The fourth-order valence-corrected chi connectivity index (χ4v) is 3.36. The molecule has 1 heterocycles. The molecule has 3 rings (SSSR count). The average Bonchev–Trinajstić information content (AvgIpc) is 3.06. The number of rotatable bonds is 5. The minimum Gasteiger partial charge on any atom is -0.334 e. The third-order valence-corrected chi connectivity index (χ3v) is 4.85. The molecule has 0 amide bonds. The highest BCUT2D eigenvalue weighted by molar-refractivity contribution is 7.92. The quantitative estimate of drug-likeness (QED) is 0.719. The van der Waals surface area contributed by atoms with Crippen molar-refractivity contribution in [3.63, 3.8) is 0 Å². The van der Waals surface area contributed by atoms with Gasteiger partial charge in [-0.3, -0.25) is 4.72 Å². The molecule has 0 atom stereocenters. The minimum absolute atomic E-state index is 0.0485. The topological polar surface area (TPSA) is 111 Å². The van der Waals surface area contributed by atoms with Crippen LogP contribution in [0.25, 0.3) is 11.5 Å². The van der Waals surface area contributed by atoms with Gasteiger partial charge in [0.2, 0.25) is 0 Å². The highest BCUT2D eigenvalue weighted by Gasteiger charge is 2.18. The van der Waals surface area contributed by atoms with E-state index >= 15 is 0 Å². The normalized spacial score (nSPS) is 11.4. The number of anilines is 1. The van der Waals surface area contributed by atoms with Crippen LogP contribution < -0.4 is 10.5 Å². The Morgan fingerprint density at radius 1 is 1.17 bits per heavy atom. The molecule has 0 fully saturated rings. The number of sulfonamides is 1. The summed E-state index contributed by atoms with van der Waals surface area (Å²) in [5.74, 6) is 0.540. The maximum absolute atomic E-state index is 12.5.